The van der Waals surface area contributed by atoms with E-state index in [9.17, 15) is 9.18 Å². The third kappa shape index (κ3) is 5.10. The van der Waals surface area contributed by atoms with Gasteiger partial charge >= 0.3 is 6.09 Å². The van der Waals surface area contributed by atoms with Gasteiger partial charge in [-0.1, -0.05) is 25.5 Å². The van der Waals surface area contributed by atoms with Crippen molar-refractivity contribution >= 4 is 6.09 Å². The number of ether oxygens (including phenoxy) is 3. The van der Waals surface area contributed by atoms with E-state index in [1.807, 2.05) is 32.9 Å². The molecule has 29 heavy (non-hydrogen) atoms. The Kier molecular flexibility index (Phi) is 6.54. The zero-order valence-electron chi connectivity index (χ0n) is 18.1. The van der Waals surface area contributed by atoms with Crippen molar-refractivity contribution in [1.82, 2.24) is 5.32 Å². The fraction of sp³-hybridized carbons (Fsp3) is 0.696. The fourth-order valence-corrected chi connectivity index (χ4v) is 4.71. The Morgan fingerprint density at radius 1 is 1.14 bits per heavy atom. The highest BCUT2D eigenvalue weighted by Crippen LogP contribution is 2.49. The lowest BCUT2D eigenvalue weighted by atomic mass is 9.62. The predicted octanol–water partition coefficient (Wildman–Crippen LogP) is 5.07. The smallest absolute Gasteiger partial charge is 0.407 e. The zero-order valence-corrected chi connectivity index (χ0v) is 18.1. The molecule has 2 fully saturated rings. The van der Waals surface area contributed by atoms with Crippen LogP contribution in [0.2, 0.25) is 0 Å². The minimum absolute atomic E-state index is 0.119. The maximum atomic E-state index is 13.6. The molecule has 3 rings (SSSR count). The molecule has 1 unspecified atom stereocenters. The summed E-state index contributed by atoms with van der Waals surface area (Å²) in [7, 11) is 0. The van der Waals surface area contributed by atoms with Crippen LogP contribution < -0.4 is 5.32 Å². The van der Waals surface area contributed by atoms with E-state index in [2.05, 4.69) is 12.2 Å². The molecule has 2 aliphatic rings. The molecule has 1 N–H and O–H groups in total. The third-order valence-electron chi connectivity index (χ3n) is 6.07. The van der Waals surface area contributed by atoms with Gasteiger partial charge in [0.15, 0.2) is 5.79 Å². The van der Waals surface area contributed by atoms with E-state index in [0.29, 0.717) is 13.2 Å². The van der Waals surface area contributed by atoms with E-state index in [0.717, 1.165) is 44.1 Å². The van der Waals surface area contributed by atoms with E-state index in [1.54, 1.807) is 0 Å². The number of carbonyl (C=O) groups excluding carboxylic acids is 1. The second kappa shape index (κ2) is 8.60. The molecule has 1 heterocycles. The Morgan fingerprint density at radius 2 is 1.72 bits per heavy atom. The van der Waals surface area contributed by atoms with Crippen molar-refractivity contribution in [2.24, 2.45) is 0 Å². The molecule has 0 bridgehead atoms. The van der Waals surface area contributed by atoms with Crippen molar-refractivity contribution in [2.45, 2.75) is 89.1 Å². The van der Waals surface area contributed by atoms with Crippen molar-refractivity contribution in [3.05, 3.63) is 35.6 Å². The number of hydrogen-bond donors (Lipinski definition) is 1. The Labute approximate surface area is 173 Å². The summed E-state index contributed by atoms with van der Waals surface area (Å²) in [5.41, 5.74) is 0.161. The van der Waals surface area contributed by atoms with Gasteiger partial charge in [-0.2, -0.15) is 0 Å². The molecule has 0 radical (unpaired) electrons. The monoisotopic (exact) mass is 407 g/mol. The van der Waals surface area contributed by atoms with Gasteiger partial charge < -0.3 is 19.5 Å². The van der Waals surface area contributed by atoms with Crippen LogP contribution in [0.4, 0.5) is 9.18 Å². The Morgan fingerprint density at radius 3 is 2.24 bits per heavy atom. The van der Waals surface area contributed by atoms with E-state index >= 15 is 0 Å². The number of hydrogen-bond acceptors (Lipinski definition) is 4. The quantitative estimate of drug-likeness (QED) is 0.740. The van der Waals surface area contributed by atoms with Crippen molar-refractivity contribution in [2.75, 3.05) is 13.2 Å². The third-order valence-corrected chi connectivity index (χ3v) is 6.07. The van der Waals surface area contributed by atoms with Gasteiger partial charge in [0.25, 0.3) is 0 Å². The Hall–Kier alpha value is -1.66. The predicted molar refractivity (Wildman–Crippen MR) is 109 cm³/mol. The Bertz CT molecular complexity index is 682. The van der Waals surface area contributed by atoms with Crippen molar-refractivity contribution in [3.63, 3.8) is 0 Å². The van der Waals surface area contributed by atoms with Crippen molar-refractivity contribution < 1.29 is 23.4 Å². The van der Waals surface area contributed by atoms with Gasteiger partial charge in [-0.3, -0.25) is 0 Å². The minimum atomic E-state index is -0.563. The first kappa shape index (κ1) is 22.0. The van der Waals surface area contributed by atoms with Crippen LogP contribution in [-0.4, -0.2) is 36.7 Å². The Balaban J connectivity index is 1.89. The number of rotatable bonds is 5. The molecule has 1 aromatic rings. The summed E-state index contributed by atoms with van der Waals surface area (Å²) in [4.78, 5) is 12.6. The lowest BCUT2D eigenvalue weighted by molar-refractivity contribution is -0.186. The zero-order chi connectivity index (χ0) is 21.1. The summed E-state index contributed by atoms with van der Waals surface area (Å²) >= 11 is 0. The maximum absolute atomic E-state index is 13.6. The molecule has 1 spiro atoms. The molecule has 1 aromatic carbocycles. The first-order chi connectivity index (χ1) is 13.7. The van der Waals surface area contributed by atoms with Crippen LogP contribution in [0, 0.1) is 5.82 Å². The standard InChI is InChI=1S/C23H34FNO4/c1-5-6-19(25-20(26)29-21(2,3)4)22(17-7-9-18(24)10-8-17)11-13-23(14-12-22)27-15-16-28-23/h7-10,19H,5-6,11-16H2,1-4H3,(H,25,26). The van der Waals surface area contributed by atoms with Crippen LogP contribution >= 0.6 is 0 Å². The van der Waals surface area contributed by atoms with Gasteiger partial charge in [0, 0.05) is 24.3 Å². The van der Waals surface area contributed by atoms with Gasteiger partial charge in [0.1, 0.15) is 11.4 Å². The highest BCUT2D eigenvalue weighted by molar-refractivity contribution is 5.68. The van der Waals surface area contributed by atoms with E-state index < -0.39 is 17.5 Å². The SMILES string of the molecule is CCCC(NC(=O)OC(C)(C)C)C1(c2ccc(F)cc2)CCC2(CC1)OCCO2. The minimum Gasteiger partial charge on any atom is -0.444 e. The molecule has 1 saturated heterocycles. The van der Waals surface area contributed by atoms with Gasteiger partial charge in [-0.15, -0.1) is 0 Å². The van der Waals surface area contributed by atoms with Crippen LogP contribution in [0.5, 0.6) is 0 Å². The number of alkyl carbamates (subject to hydrolysis) is 1. The number of nitrogens with one attached hydrogen (secondary N) is 1. The summed E-state index contributed by atoms with van der Waals surface area (Å²) in [6.45, 7) is 8.93. The molecule has 6 heteroatoms. The number of benzene rings is 1. The van der Waals surface area contributed by atoms with E-state index in [1.165, 1.54) is 12.1 Å². The molecular weight excluding hydrogens is 373 g/mol. The molecule has 1 aliphatic carbocycles. The van der Waals surface area contributed by atoms with Gasteiger partial charge in [0.2, 0.25) is 0 Å². The topological polar surface area (TPSA) is 56.8 Å². The van der Waals surface area contributed by atoms with Gasteiger partial charge in [-0.25, -0.2) is 9.18 Å². The largest absolute Gasteiger partial charge is 0.444 e. The van der Waals surface area contributed by atoms with Crippen LogP contribution in [-0.2, 0) is 19.6 Å². The molecule has 1 amide bonds. The average Bonchev–Trinajstić information content (AvgIpc) is 3.10. The van der Waals surface area contributed by atoms with E-state index in [4.69, 9.17) is 14.2 Å². The lowest BCUT2D eigenvalue weighted by Gasteiger charge is -2.48. The average molecular weight is 408 g/mol. The summed E-state index contributed by atoms with van der Waals surface area (Å²) in [6.07, 6.45) is 4.40. The second-order valence-corrected chi connectivity index (χ2v) is 9.26. The number of halogens is 1. The molecule has 1 aliphatic heterocycles. The van der Waals surface area contributed by atoms with E-state index in [-0.39, 0.29) is 17.3 Å². The molecule has 1 atom stereocenters. The van der Waals surface area contributed by atoms with Crippen LogP contribution in [0.25, 0.3) is 0 Å². The highest BCUT2D eigenvalue weighted by Gasteiger charge is 2.50. The summed E-state index contributed by atoms with van der Waals surface area (Å²) < 4.78 is 31.0. The number of carbonyl (C=O) groups is 1. The first-order valence-corrected chi connectivity index (χ1v) is 10.7. The highest BCUT2D eigenvalue weighted by atomic mass is 19.1. The van der Waals surface area contributed by atoms with Crippen LogP contribution in [0.3, 0.4) is 0 Å². The van der Waals surface area contributed by atoms with Crippen molar-refractivity contribution in [1.29, 1.82) is 0 Å². The fourth-order valence-electron chi connectivity index (χ4n) is 4.71. The first-order valence-electron chi connectivity index (χ1n) is 10.7. The number of amides is 1. The summed E-state index contributed by atoms with van der Waals surface area (Å²) in [6, 6.07) is 6.58. The summed E-state index contributed by atoms with van der Waals surface area (Å²) in [5, 5.41) is 3.14. The van der Waals surface area contributed by atoms with Crippen LogP contribution in [0.15, 0.2) is 24.3 Å². The normalized spacial score (nSPS) is 21.7. The van der Waals surface area contributed by atoms with Crippen LogP contribution in [0.1, 0.15) is 71.8 Å². The lowest BCUT2D eigenvalue weighted by Crippen LogP contribution is -2.55. The molecular formula is C23H34FNO4. The molecule has 0 aromatic heterocycles. The molecule has 162 valence electrons. The van der Waals surface area contributed by atoms with Gasteiger partial charge in [0.05, 0.1) is 13.2 Å². The maximum Gasteiger partial charge on any atom is 0.407 e. The molecule has 1 saturated carbocycles. The van der Waals surface area contributed by atoms with Crippen molar-refractivity contribution in [3.8, 4) is 0 Å². The second-order valence-electron chi connectivity index (χ2n) is 9.26. The summed E-state index contributed by atoms with van der Waals surface area (Å²) in [5.74, 6) is -0.766. The molecule has 5 nitrogen and oxygen atoms in total. The van der Waals surface area contributed by atoms with Gasteiger partial charge in [-0.05, 0) is 57.7 Å².